The van der Waals surface area contributed by atoms with Crippen molar-refractivity contribution < 1.29 is 19.5 Å². The minimum absolute atomic E-state index is 0.141. The molecule has 0 bridgehead atoms. The Morgan fingerprint density at radius 2 is 1.94 bits per heavy atom. The van der Waals surface area contributed by atoms with Crippen LogP contribution in [0.3, 0.4) is 0 Å². The number of piperidine rings is 1. The second kappa shape index (κ2) is 8.88. The average Bonchev–Trinajstić information content (AvgIpc) is 3.15. The number of hydrogen-bond donors (Lipinski definition) is 3. The molecule has 1 saturated carbocycles. The van der Waals surface area contributed by atoms with Crippen LogP contribution < -0.4 is 10.6 Å². The fourth-order valence-corrected chi connectivity index (χ4v) is 5.67. The molecular weight excluding hydrogens is 418 g/mol. The van der Waals surface area contributed by atoms with Gasteiger partial charge in [0.2, 0.25) is 11.8 Å². The standard InChI is InChI=1S/C26H31N3O4/c30-23-9-8-22(24(31)28-23)29-16-18-14-17(6-7-21(18)25(29)32)15-27-20-10-12-26(33,13-11-20)19-4-2-1-3-5-19/h1-4,6-7,14,19-20,22,27,33H,5,8-13,15-16H2,(H,28,30,31). The van der Waals surface area contributed by atoms with Gasteiger partial charge in [-0.05, 0) is 55.7 Å². The van der Waals surface area contributed by atoms with E-state index in [4.69, 9.17) is 0 Å². The van der Waals surface area contributed by atoms with Crippen molar-refractivity contribution in [2.45, 2.75) is 75.7 Å². The molecule has 3 N–H and O–H groups in total. The van der Waals surface area contributed by atoms with Crippen LogP contribution in [0.1, 0.15) is 66.4 Å². The highest BCUT2D eigenvalue weighted by atomic mass is 16.3. The second-order valence-electron chi connectivity index (χ2n) is 9.81. The van der Waals surface area contributed by atoms with Crippen molar-refractivity contribution in [3.05, 3.63) is 59.2 Å². The fourth-order valence-electron chi connectivity index (χ4n) is 5.67. The molecule has 33 heavy (non-hydrogen) atoms. The Morgan fingerprint density at radius 3 is 2.67 bits per heavy atom. The molecule has 2 aliphatic heterocycles. The number of aliphatic hydroxyl groups is 1. The summed E-state index contributed by atoms with van der Waals surface area (Å²) >= 11 is 0. The minimum Gasteiger partial charge on any atom is -0.389 e. The van der Waals surface area contributed by atoms with Crippen LogP contribution in [0, 0.1) is 5.92 Å². The lowest BCUT2D eigenvalue weighted by molar-refractivity contribution is -0.136. The first kappa shape index (κ1) is 22.0. The maximum absolute atomic E-state index is 12.8. The summed E-state index contributed by atoms with van der Waals surface area (Å²) in [6.45, 7) is 1.10. The lowest BCUT2D eigenvalue weighted by atomic mass is 9.72. The molecule has 1 aromatic rings. The molecule has 0 radical (unpaired) electrons. The van der Waals surface area contributed by atoms with Gasteiger partial charge in [-0.2, -0.15) is 0 Å². The van der Waals surface area contributed by atoms with E-state index in [-0.39, 0.29) is 30.1 Å². The van der Waals surface area contributed by atoms with Gasteiger partial charge >= 0.3 is 0 Å². The van der Waals surface area contributed by atoms with Gasteiger partial charge in [-0.15, -0.1) is 0 Å². The molecule has 3 amide bonds. The maximum atomic E-state index is 12.8. The van der Waals surface area contributed by atoms with Crippen LogP contribution in [0.25, 0.3) is 0 Å². The van der Waals surface area contributed by atoms with Gasteiger partial charge in [0, 0.05) is 37.0 Å². The first-order valence-electron chi connectivity index (χ1n) is 12.0. The van der Waals surface area contributed by atoms with Crippen LogP contribution in [0.5, 0.6) is 0 Å². The first-order valence-corrected chi connectivity index (χ1v) is 12.0. The summed E-state index contributed by atoms with van der Waals surface area (Å²) in [5.74, 6) is -0.588. The van der Waals surface area contributed by atoms with Crippen LogP contribution in [0.15, 0.2) is 42.5 Å². The van der Waals surface area contributed by atoms with Crippen molar-refractivity contribution in [1.29, 1.82) is 0 Å². The number of carbonyl (C=O) groups is 3. The predicted octanol–water partition coefficient (Wildman–Crippen LogP) is 2.34. The zero-order valence-corrected chi connectivity index (χ0v) is 18.8. The van der Waals surface area contributed by atoms with Crippen LogP contribution >= 0.6 is 0 Å². The lowest BCUT2D eigenvalue weighted by Crippen LogP contribution is -2.52. The van der Waals surface area contributed by atoms with Crippen LogP contribution in [-0.4, -0.2) is 45.4 Å². The Kier molecular flexibility index (Phi) is 5.93. The normalized spacial score (nSPS) is 31.6. The molecule has 2 aliphatic carbocycles. The number of imide groups is 1. The Labute approximate surface area is 193 Å². The summed E-state index contributed by atoms with van der Waals surface area (Å²) in [6.07, 6.45) is 13.4. The molecule has 7 nitrogen and oxygen atoms in total. The third-order valence-corrected chi connectivity index (χ3v) is 7.71. The van der Waals surface area contributed by atoms with Crippen LogP contribution in [0.2, 0.25) is 0 Å². The predicted molar refractivity (Wildman–Crippen MR) is 123 cm³/mol. The summed E-state index contributed by atoms with van der Waals surface area (Å²) in [5.41, 5.74) is 2.07. The third-order valence-electron chi connectivity index (χ3n) is 7.71. The molecule has 2 atom stereocenters. The molecule has 1 aromatic carbocycles. The largest absolute Gasteiger partial charge is 0.389 e. The Balaban J connectivity index is 1.16. The van der Waals surface area contributed by atoms with Crippen molar-refractivity contribution in [1.82, 2.24) is 15.5 Å². The summed E-state index contributed by atoms with van der Waals surface area (Å²) in [5, 5.41) is 17.1. The molecule has 2 heterocycles. The zero-order valence-electron chi connectivity index (χ0n) is 18.8. The van der Waals surface area contributed by atoms with Crippen LogP contribution in [0.4, 0.5) is 0 Å². The average molecular weight is 450 g/mol. The van der Waals surface area contributed by atoms with E-state index in [0.717, 1.165) is 43.2 Å². The Bertz CT molecular complexity index is 1020. The molecule has 1 saturated heterocycles. The number of hydrogen-bond acceptors (Lipinski definition) is 5. The number of rotatable bonds is 5. The van der Waals surface area contributed by atoms with E-state index in [2.05, 4.69) is 22.8 Å². The summed E-state index contributed by atoms with van der Waals surface area (Å²) in [6, 6.07) is 5.65. The van der Waals surface area contributed by atoms with Gasteiger partial charge in [-0.25, -0.2) is 0 Å². The van der Waals surface area contributed by atoms with Crippen molar-refractivity contribution >= 4 is 17.7 Å². The number of fused-ring (bicyclic) bond motifs is 1. The van der Waals surface area contributed by atoms with Gasteiger partial charge in [-0.1, -0.05) is 36.4 Å². The maximum Gasteiger partial charge on any atom is 0.255 e. The highest BCUT2D eigenvalue weighted by Gasteiger charge is 2.40. The SMILES string of the molecule is O=C1CCC(N2Cc3cc(CNC4CCC(O)(C5C=CC=CC5)CC4)ccc3C2=O)C(=O)N1. The lowest BCUT2D eigenvalue weighted by Gasteiger charge is -2.41. The van der Waals surface area contributed by atoms with Gasteiger partial charge in [0.05, 0.1) is 5.60 Å². The van der Waals surface area contributed by atoms with Gasteiger partial charge in [0.1, 0.15) is 6.04 Å². The number of carbonyl (C=O) groups excluding carboxylic acids is 3. The molecule has 4 aliphatic rings. The molecule has 2 unspecified atom stereocenters. The van der Waals surface area contributed by atoms with Crippen molar-refractivity contribution in [3.8, 4) is 0 Å². The molecule has 0 aromatic heterocycles. The van der Waals surface area contributed by atoms with Gasteiger partial charge in [0.25, 0.3) is 5.91 Å². The fraction of sp³-hybridized carbons (Fsp3) is 0.500. The van der Waals surface area contributed by atoms with Crippen molar-refractivity contribution in [2.75, 3.05) is 0 Å². The van der Waals surface area contributed by atoms with E-state index in [9.17, 15) is 19.5 Å². The second-order valence-corrected chi connectivity index (χ2v) is 9.81. The minimum atomic E-state index is -0.604. The quantitative estimate of drug-likeness (QED) is 0.600. The van der Waals surface area contributed by atoms with Gasteiger partial charge < -0.3 is 15.3 Å². The van der Waals surface area contributed by atoms with Crippen molar-refractivity contribution in [2.24, 2.45) is 5.92 Å². The van der Waals surface area contributed by atoms with E-state index in [1.807, 2.05) is 30.4 Å². The molecule has 0 spiro atoms. The van der Waals surface area contributed by atoms with Gasteiger partial charge in [-0.3, -0.25) is 19.7 Å². The van der Waals surface area contributed by atoms with E-state index in [1.165, 1.54) is 0 Å². The van der Waals surface area contributed by atoms with E-state index < -0.39 is 11.6 Å². The molecule has 5 rings (SSSR count). The highest BCUT2D eigenvalue weighted by Crippen LogP contribution is 2.38. The summed E-state index contributed by atoms with van der Waals surface area (Å²) < 4.78 is 0. The summed E-state index contributed by atoms with van der Waals surface area (Å²) in [4.78, 5) is 38.1. The van der Waals surface area contributed by atoms with Crippen molar-refractivity contribution in [3.63, 3.8) is 0 Å². The summed E-state index contributed by atoms with van der Waals surface area (Å²) in [7, 11) is 0. The highest BCUT2D eigenvalue weighted by molar-refractivity contribution is 6.05. The number of nitrogens with zero attached hydrogens (tertiary/aromatic N) is 1. The molecular formula is C26H31N3O4. The number of benzene rings is 1. The zero-order chi connectivity index (χ0) is 23.0. The molecule has 2 fully saturated rings. The third kappa shape index (κ3) is 4.39. The monoisotopic (exact) mass is 449 g/mol. The topological polar surface area (TPSA) is 98.7 Å². The van der Waals surface area contributed by atoms with E-state index in [0.29, 0.717) is 31.1 Å². The number of allylic oxidation sites excluding steroid dienone is 3. The number of amides is 3. The molecule has 174 valence electrons. The van der Waals surface area contributed by atoms with E-state index >= 15 is 0 Å². The Morgan fingerprint density at radius 1 is 1.12 bits per heavy atom. The molecule has 7 heteroatoms. The van der Waals surface area contributed by atoms with Gasteiger partial charge in [0.15, 0.2) is 0 Å². The first-order chi connectivity index (χ1) is 15.9. The van der Waals surface area contributed by atoms with Crippen LogP contribution in [-0.2, 0) is 22.7 Å². The van der Waals surface area contributed by atoms with E-state index in [1.54, 1.807) is 4.90 Å². The Hall–Kier alpha value is -2.77. The number of nitrogens with one attached hydrogen (secondary N) is 2. The smallest absolute Gasteiger partial charge is 0.255 e.